The first-order valence-electron chi connectivity index (χ1n) is 8.05. The molecule has 2 N–H and O–H groups in total. The maximum Gasteiger partial charge on any atom is 0.225 e. The molecule has 0 fully saturated rings. The molecule has 5 heteroatoms. The van der Waals surface area contributed by atoms with E-state index < -0.39 is 0 Å². The largest absolute Gasteiger partial charge is 0.489 e. The molecule has 4 nitrogen and oxygen atoms in total. The summed E-state index contributed by atoms with van der Waals surface area (Å²) < 4.78 is 5.70. The van der Waals surface area contributed by atoms with E-state index in [2.05, 4.69) is 10.6 Å². The fourth-order valence-corrected chi connectivity index (χ4v) is 2.30. The molecule has 0 bridgehead atoms. The van der Waals surface area contributed by atoms with Gasteiger partial charge in [-0.2, -0.15) is 0 Å². The Morgan fingerprint density at radius 2 is 1.83 bits per heavy atom. The lowest BCUT2D eigenvalue weighted by Gasteiger charge is -2.14. The zero-order valence-corrected chi connectivity index (χ0v) is 14.8. The SMILES string of the molecule is CC(C)Oc1ccccc1NC(=O)CCNCc1ccc(Cl)cc1. The van der Waals surface area contributed by atoms with E-state index in [1.807, 2.05) is 62.4 Å². The minimum absolute atomic E-state index is 0.0431. The predicted octanol–water partition coefficient (Wildman–Crippen LogP) is 4.25. The van der Waals surface area contributed by atoms with Crippen LogP contribution in [-0.2, 0) is 11.3 Å². The highest BCUT2D eigenvalue weighted by atomic mass is 35.5. The Balaban J connectivity index is 1.76. The van der Waals surface area contributed by atoms with Crippen LogP contribution in [0.4, 0.5) is 5.69 Å². The molecule has 1 amide bonds. The van der Waals surface area contributed by atoms with Crippen LogP contribution in [0.25, 0.3) is 0 Å². The number of carbonyl (C=O) groups is 1. The van der Waals surface area contributed by atoms with Gasteiger partial charge in [0.2, 0.25) is 5.91 Å². The third-order valence-electron chi connectivity index (χ3n) is 3.30. The molecule has 0 saturated carbocycles. The van der Waals surface area contributed by atoms with Crippen LogP contribution >= 0.6 is 11.6 Å². The fourth-order valence-electron chi connectivity index (χ4n) is 2.18. The molecule has 2 aromatic rings. The smallest absolute Gasteiger partial charge is 0.225 e. The number of hydrogen-bond acceptors (Lipinski definition) is 3. The highest BCUT2D eigenvalue weighted by molar-refractivity contribution is 6.30. The number of anilines is 1. The number of carbonyl (C=O) groups excluding carboxylic acids is 1. The van der Waals surface area contributed by atoms with Crippen molar-refractivity contribution < 1.29 is 9.53 Å². The third-order valence-corrected chi connectivity index (χ3v) is 3.55. The average molecular weight is 347 g/mol. The van der Waals surface area contributed by atoms with Crippen LogP contribution in [0.2, 0.25) is 5.02 Å². The van der Waals surface area contributed by atoms with Crippen LogP contribution in [-0.4, -0.2) is 18.6 Å². The van der Waals surface area contributed by atoms with Gasteiger partial charge in [0.25, 0.3) is 0 Å². The summed E-state index contributed by atoms with van der Waals surface area (Å²) in [5.41, 5.74) is 1.84. The standard InChI is InChI=1S/C19H23ClN2O2/c1-14(2)24-18-6-4-3-5-17(18)22-19(23)11-12-21-13-15-7-9-16(20)10-8-15/h3-10,14,21H,11-13H2,1-2H3,(H,22,23). The second kappa shape index (κ2) is 9.30. The number of nitrogens with one attached hydrogen (secondary N) is 2. The molecule has 0 aliphatic carbocycles. The van der Waals surface area contributed by atoms with Gasteiger partial charge in [0.15, 0.2) is 0 Å². The minimum atomic E-state index is -0.0431. The van der Waals surface area contributed by atoms with Crippen LogP contribution in [0.1, 0.15) is 25.8 Å². The first-order valence-corrected chi connectivity index (χ1v) is 8.43. The molecule has 2 rings (SSSR count). The summed E-state index contributed by atoms with van der Waals surface area (Å²) >= 11 is 5.85. The van der Waals surface area contributed by atoms with Crippen molar-refractivity contribution in [2.45, 2.75) is 32.9 Å². The van der Waals surface area contributed by atoms with Crippen molar-refractivity contribution in [3.63, 3.8) is 0 Å². The maximum atomic E-state index is 12.1. The van der Waals surface area contributed by atoms with E-state index in [9.17, 15) is 4.79 Å². The quantitative estimate of drug-likeness (QED) is 0.703. The summed E-state index contributed by atoms with van der Waals surface area (Å²) in [5.74, 6) is 0.647. The Morgan fingerprint density at radius 3 is 2.54 bits per heavy atom. The summed E-state index contributed by atoms with van der Waals surface area (Å²) in [5, 5.41) is 6.87. The van der Waals surface area contributed by atoms with Crippen molar-refractivity contribution in [2.24, 2.45) is 0 Å². The van der Waals surface area contributed by atoms with Crippen molar-refractivity contribution in [3.8, 4) is 5.75 Å². The van der Waals surface area contributed by atoms with E-state index in [1.54, 1.807) is 0 Å². The minimum Gasteiger partial charge on any atom is -0.489 e. The Kier molecular flexibility index (Phi) is 7.09. The summed E-state index contributed by atoms with van der Waals surface area (Å²) in [6.07, 6.45) is 0.452. The van der Waals surface area contributed by atoms with E-state index in [0.717, 1.165) is 10.6 Å². The molecule has 0 unspecified atom stereocenters. The molecule has 0 saturated heterocycles. The van der Waals surface area contributed by atoms with E-state index in [-0.39, 0.29) is 12.0 Å². The second-order valence-corrected chi connectivity index (χ2v) is 6.20. The molecule has 24 heavy (non-hydrogen) atoms. The Morgan fingerprint density at radius 1 is 1.12 bits per heavy atom. The van der Waals surface area contributed by atoms with Gasteiger partial charge in [-0.1, -0.05) is 35.9 Å². The van der Waals surface area contributed by atoms with Gasteiger partial charge >= 0.3 is 0 Å². The highest BCUT2D eigenvalue weighted by Crippen LogP contribution is 2.24. The van der Waals surface area contributed by atoms with Gasteiger partial charge in [-0.05, 0) is 43.7 Å². The third kappa shape index (κ3) is 6.22. The zero-order chi connectivity index (χ0) is 17.4. The van der Waals surface area contributed by atoms with E-state index in [4.69, 9.17) is 16.3 Å². The van der Waals surface area contributed by atoms with Crippen molar-refractivity contribution in [1.29, 1.82) is 0 Å². The highest BCUT2D eigenvalue weighted by Gasteiger charge is 2.08. The number of hydrogen-bond donors (Lipinski definition) is 2. The summed E-state index contributed by atoms with van der Waals surface area (Å²) in [6, 6.07) is 15.1. The number of rotatable bonds is 8. The lowest BCUT2D eigenvalue weighted by Crippen LogP contribution is -2.22. The van der Waals surface area contributed by atoms with Crippen molar-refractivity contribution in [2.75, 3.05) is 11.9 Å². The number of ether oxygens (including phenoxy) is 1. The van der Waals surface area contributed by atoms with Gasteiger partial charge in [0.1, 0.15) is 5.75 Å². The summed E-state index contributed by atoms with van der Waals surface area (Å²) in [4.78, 5) is 12.1. The van der Waals surface area contributed by atoms with Gasteiger partial charge in [-0.25, -0.2) is 0 Å². The average Bonchev–Trinajstić information content (AvgIpc) is 2.55. The molecule has 0 aliphatic heterocycles. The lowest BCUT2D eigenvalue weighted by molar-refractivity contribution is -0.116. The van der Waals surface area contributed by atoms with Gasteiger partial charge in [-0.15, -0.1) is 0 Å². The monoisotopic (exact) mass is 346 g/mol. The zero-order valence-electron chi connectivity index (χ0n) is 14.0. The Bertz CT molecular complexity index is 657. The Labute approximate surface area is 148 Å². The van der Waals surface area contributed by atoms with E-state index >= 15 is 0 Å². The maximum absolute atomic E-state index is 12.1. The number of para-hydroxylation sites is 2. The molecule has 0 aromatic heterocycles. The van der Waals surface area contributed by atoms with E-state index in [0.29, 0.717) is 30.9 Å². The molecule has 0 spiro atoms. The molecule has 0 radical (unpaired) electrons. The van der Waals surface area contributed by atoms with Crippen LogP contribution < -0.4 is 15.4 Å². The van der Waals surface area contributed by atoms with Gasteiger partial charge in [0, 0.05) is 24.5 Å². The van der Waals surface area contributed by atoms with Gasteiger partial charge in [-0.3, -0.25) is 4.79 Å². The fraction of sp³-hybridized carbons (Fsp3) is 0.316. The van der Waals surface area contributed by atoms with E-state index in [1.165, 1.54) is 0 Å². The van der Waals surface area contributed by atoms with Gasteiger partial charge in [0.05, 0.1) is 11.8 Å². The number of benzene rings is 2. The molecular formula is C19H23ClN2O2. The van der Waals surface area contributed by atoms with Crippen molar-refractivity contribution in [3.05, 3.63) is 59.1 Å². The molecule has 128 valence electrons. The van der Waals surface area contributed by atoms with Crippen molar-refractivity contribution >= 4 is 23.2 Å². The first-order chi connectivity index (χ1) is 11.5. The van der Waals surface area contributed by atoms with Gasteiger partial charge < -0.3 is 15.4 Å². The molecule has 2 aromatic carbocycles. The van der Waals surface area contributed by atoms with Crippen molar-refractivity contribution in [1.82, 2.24) is 5.32 Å². The van der Waals surface area contributed by atoms with Crippen LogP contribution in [0.5, 0.6) is 5.75 Å². The van der Waals surface area contributed by atoms with Crippen LogP contribution in [0.3, 0.4) is 0 Å². The van der Waals surface area contributed by atoms with Crippen LogP contribution in [0.15, 0.2) is 48.5 Å². The lowest BCUT2D eigenvalue weighted by atomic mass is 10.2. The second-order valence-electron chi connectivity index (χ2n) is 5.76. The normalized spacial score (nSPS) is 10.7. The molecular weight excluding hydrogens is 324 g/mol. The number of halogens is 1. The molecule has 0 heterocycles. The topological polar surface area (TPSA) is 50.4 Å². The molecule has 0 atom stereocenters. The Hall–Kier alpha value is -2.04. The molecule has 0 aliphatic rings. The summed E-state index contributed by atoms with van der Waals surface area (Å²) in [7, 11) is 0. The summed E-state index contributed by atoms with van der Waals surface area (Å²) in [6.45, 7) is 5.22. The predicted molar refractivity (Wildman–Crippen MR) is 98.6 cm³/mol. The number of amides is 1. The van der Waals surface area contributed by atoms with Crippen LogP contribution in [0, 0.1) is 0 Å². The first kappa shape index (κ1) is 18.3.